The first-order chi connectivity index (χ1) is 9.25. The summed E-state index contributed by atoms with van der Waals surface area (Å²) in [6, 6.07) is 0. The zero-order valence-corrected chi connectivity index (χ0v) is 12.5. The fourth-order valence-electron chi connectivity index (χ4n) is 1.63. The van der Waals surface area contributed by atoms with Crippen molar-refractivity contribution in [3.05, 3.63) is 0 Å². The Labute approximate surface area is 118 Å². The van der Waals surface area contributed by atoms with Crippen LogP contribution in [-0.2, 0) is 28.5 Å². The van der Waals surface area contributed by atoms with E-state index < -0.39 is 30.1 Å². The molecule has 0 aliphatic carbocycles. The third-order valence-corrected chi connectivity index (χ3v) is 2.56. The molecule has 0 aromatic heterocycles. The molecule has 1 saturated heterocycles. The minimum Gasteiger partial charge on any atom is -0.466 e. The van der Waals surface area contributed by atoms with Gasteiger partial charge in [-0.25, -0.2) is 9.59 Å². The molecule has 116 valence electrons. The number of methoxy groups -OCH3 is 1. The topological polar surface area (TPSA) is 80.3 Å². The van der Waals surface area contributed by atoms with Crippen molar-refractivity contribution in [2.75, 3.05) is 20.3 Å². The summed E-state index contributed by atoms with van der Waals surface area (Å²) in [5.74, 6) is -1.37. The van der Waals surface area contributed by atoms with Crippen LogP contribution in [0.25, 0.3) is 0 Å². The van der Waals surface area contributed by atoms with Crippen LogP contribution >= 0.6 is 0 Å². The third kappa shape index (κ3) is 4.97. The first-order valence-electron chi connectivity index (χ1n) is 6.48. The molecular formula is C13H22O7. The van der Waals surface area contributed by atoms with Gasteiger partial charge < -0.3 is 23.7 Å². The molecule has 0 saturated carbocycles. The van der Waals surface area contributed by atoms with E-state index in [1.165, 1.54) is 7.11 Å². The van der Waals surface area contributed by atoms with Crippen molar-refractivity contribution in [2.24, 2.45) is 5.92 Å². The second kappa shape index (κ2) is 6.90. The van der Waals surface area contributed by atoms with Gasteiger partial charge in [-0.1, -0.05) is 13.8 Å². The summed E-state index contributed by atoms with van der Waals surface area (Å²) in [4.78, 5) is 23.2. The molecule has 0 bridgehead atoms. The van der Waals surface area contributed by atoms with Crippen LogP contribution in [0.2, 0.25) is 0 Å². The molecule has 0 aromatic carbocycles. The molecule has 0 aromatic rings. The van der Waals surface area contributed by atoms with Crippen molar-refractivity contribution in [2.45, 2.75) is 45.7 Å². The lowest BCUT2D eigenvalue weighted by atomic mass is 10.2. The molecule has 0 spiro atoms. The van der Waals surface area contributed by atoms with Gasteiger partial charge in [-0.3, -0.25) is 0 Å². The normalized spacial score (nSPS) is 22.4. The van der Waals surface area contributed by atoms with E-state index >= 15 is 0 Å². The maximum absolute atomic E-state index is 11.7. The van der Waals surface area contributed by atoms with E-state index in [-0.39, 0.29) is 19.1 Å². The van der Waals surface area contributed by atoms with Gasteiger partial charge in [-0.05, 0) is 19.8 Å². The Morgan fingerprint density at radius 3 is 2.45 bits per heavy atom. The Morgan fingerprint density at radius 1 is 1.35 bits per heavy atom. The van der Waals surface area contributed by atoms with E-state index in [1.807, 2.05) is 13.8 Å². The van der Waals surface area contributed by atoms with Crippen LogP contribution in [0.3, 0.4) is 0 Å². The van der Waals surface area contributed by atoms with Crippen LogP contribution in [0.1, 0.15) is 27.7 Å². The molecule has 7 nitrogen and oxygen atoms in total. The fraction of sp³-hybridized carbons (Fsp3) is 0.846. The SMILES string of the molecule is COC(=O)C(OC(=O)OCC(C)C)C1COC(C)(C)O1. The highest BCUT2D eigenvalue weighted by Gasteiger charge is 2.43. The zero-order chi connectivity index (χ0) is 15.3. The Morgan fingerprint density at radius 2 is 2.00 bits per heavy atom. The number of ether oxygens (including phenoxy) is 5. The van der Waals surface area contributed by atoms with Gasteiger partial charge in [0.2, 0.25) is 6.10 Å². The molecule has 0 amide bonds. The molecule has 0 radical (unpaired) electrons. The van der Waals surface area contributed by atoms with Crippen LogP contribution in [0.4, 0.5) is 4.79 Å². The van der Waals surface area contributed by atoms with Crippen molar-refractivity contribution in [3.8, 4) is 0 Å². The van der Waals surface area contributed by atoms with Crippen molar-refractivity contribution in [1.82, 2.24) is 0 Å². The molecule has 1 heterocycles. The van der Waals surface area contributed by atoms with Crippen LogP contribution in [-0.4, -0.2) is 50.4 Å². The van der Waals surface area contributed by atoms with Crippen LogP contribution < -0.4 is 0 Å². The maximum Gasteiger partial charge on any atom is 0.509 e. The van der Waals surface area contributed by atoms with Gasteiger partial charge in [0.05, 0.1) is 20.3 Å². The van der Waals surface area contributed by atoms with E-state index in [4.69, 9.17) is 18.9 Å². The Balaban J connectivity index is 2.61. The summed E-state index contributed by atoms with van der Waals surface area (Å²) >= 11 is 0. The highest BCUT2D eigenvalue weighted by atomic mass is 16.8. The summed E-state index contributed by atoms with van der Waals surface area (Å²) in [6.45, 7) is 7.53. The number of esters is 1. The smallest absolute Gasteiger partial charge is 0.466 e. The molecule has 1 fully saturated rings. The summed E-state index contributed by atoms with van der Waals surface area (Å²) in [5.41, 5.74) is 0. The van der Waals surface area contributed by atoms with E-state index in [9.17, 15) is 9.59 Å². The number of carbonyl (C=O) groups is 2. The first kappa shape index (κ1) is 16.7. The van der Waals surface area contributed by atoms with Crippen molar-refractivity contribution < 1.29 is 33.3 Å². The minimum absolute atomic E-state index is 0.129. The van der Waals surface area contributed by atoms with E-state index in [0.717, 1.165) is 0 Å². The van der Waals surface area contributed by atoms with Crippen molar-refractivity contribution in [1.29, 1.82) is 0 Å². The van der Waals surface area contributed by atoms with E-state index in [2.05, 4.69) is 4.74 Å². The van der Waals surface area contributed by atoms with Crippen LogP contribution in [0.5, 0.6) is 0 Å². The molecule has 0 N–H and O–H groups in total. The van der Waals surface area contributed by atoms with Gasteiger partial charge in [0, 0.05) is 0 Å². The summed E-state index contributed by atoms with van der Waals surface area (Å²) in [6.07, 6.45) is -2.85. The molecule has 7 heteroatoms. The molecule has 20 heavy (non-hydrogen) atoms. The van der Waals surface area contributed by atoms with Crippen LogP contribution in [0, 0.1) is 5.92 Å². The lowest BCUT2D eigenvalue weighted by Crippen LogP contribution is -2.41. The summed E-state index contributed by atoms with van der Waals surface area (Å²) in [7, 11) is 1.21. The predicted octanol–water partition coefficient (Wildman–Crippen LogP) is 1.49. The lowest BCUT2D eigenvalue weighted by Gasteiger charge is -2.22. The third-order valence-electron chi connectivity index (χ3n) is 2.56. The van der Waals surface area contributed by atoms with E-state index in [1.54, 1.807) is 13.8 Å². The Bertz CT molecular complexity index is 351. The number of hydrogen-bond donors (Lipinski definition) is 0. The van der Waals surface area contributed by atoms with Gasteiger partial charge in [-0.2, -0.15) is 0 Å². The number of rotatable bonds is 5. The summed E-state index contributed by atoms with van der Waals surface area (Å²) in [5, 5.41) is 0. The van der Waals surface area contributed by atoms with Gasteiger partial charge in [0.25, 0.3) is 0 Å². The molecule has 1 rings (SSSR count). The number of carbonyl (C=O) groups excluding carboxylic acids is 2. The van der Waals surface area contributed by atoms with Crippen LogP contribution in [0.15, 0.2) is 0 Å². The minimum atomic E-state index is -1.21. The van der Waals surface area contributed by atoms with Gasteiger partial charge in [-0.15, -0.1) is 0 Å². The molecule has 1 aliphatic heterocycles. The van der Waals surface area contributed by atoms with E-state index in [0.29, 0.717) is 0 Å². The molecule has 2 atom stereocenters. The summed E-state index contributed by atoms with van der Waals surface area (Å²) < 4.78 is 25.3. The highest BCUT2D eigenvalue weighted by Crippen LogP contribution is 2.26. The van der Waals surface area contributed by atoms with Crippen molar-refractivity contribution in [3.63, 3.8) is 0 Å². The highest BCUT2D eigenvalue weighted by molar-refractivity contribution is 5.78. The van der Waals surface area contributed by atoms with Crippen molar-refractivity contribution >= 4 is 12.1 Å². The predicted molar refractivity (Wildman–Crippen MR) is 68.0 cm³/mol. The van der Waals surface area contributed by atoms with Gasteiger partial charge in [0.1, 0.15) is 6.10 Å². The second-order valence-corrected chi connectivity index (χ2v) is 5.38. The molecular weight excluding hydrogens is 268 g/mol. The fourth-order valence-corrected chi connectivity index (χ4v) is 1.63. The quantitative estimate of drug-likeness (QED) is 0.709. The second-order valence-electron chi connectivity index (χ2n) is 5.38. The van der Waals surface area contributed by atoms with Gasteiger partial charge >= 0.3 is 12.1 Å². The Kier molecular flexibility index (Phi) is 5.76. The standard InChI is InChI=1S/C13H22O7/c1-8(2)6-17-12(15)19-10(11(14)16-5)9-7-18-13(3,4)20-9/h8-10H,6-7H2,1-5H3. The number of hydrogen-bond acceptors (Lipinski definition) is 7. The largest absolute Gasteiger partial charge is 0.509 e. The maximum atomic E-state index is 11.7. The zero-order valence-electron chi connectivity index (χ0n) is 12.5. The average molecular weight is 290 g/mol. The average Bonchev–Trinajstić information content (AvgIpc) is 2.72. The lowest BCUT2D eigenvalue weighted by molar-refractivity contribution is -0.173. The van der Waals surface area contributed by atoms with Gasteiger partial charge in [0.15, 0.2) is 5.79 Å². The molecule has 1 aliphatic rings. The molecule has 2 unspecified atom stereocenters. The Hall–Kier alpha value is -1.34. The monoisotopic (exact) mass is 290 g/mol. The first-order valence-corrected chi connectivity index (χ1v) is 6.48.